The molecule has 0 saturated carbocycles. The molecular weight excluding hydrogens is 354 g/mol. The minimum atomic E-state index is 0.306. The van der Waals surface area contributed by atoms with E-state index in [9.17, 15) is 0 Å². The van der Waals surface area contributed by atoms with Crippen molar-refractivity contribution in [3.8, 4) is 5.82 Å². The molecule has 1 atom stereocenters. The van der Waals surface area contributed by atoms with Gasteiger partial charge in [-0.1, -0.05) is 0 Å². The molecule has 0 amide bonds. The summed E-state index contributed by atoms with van der Waals surface area (Å²) in [6.07, 6.45) is 2.68. The van der Waals surface area contributed by atoms with Crippen molar-refractivity contribution in [3.63, 3.8) is 0 Å². The molecule has 0 spiro atoms. The molecule has 8 heteroatoms. The molecule has 8 nitrogen and oxygen atoms in total. The largest absolute Gasteiger partial charge is 0.377 e. The SMILES string of the molecule is CC(C)N1CCc2nn(-c3ccn[nH]3)c3nc(N4CCOC[C@H]4C)cc(c23)C1. The number of nitrogens with zero attached hydrogens (tertiary/aromatic N) is 6. The van der Waals surface area contributed by atoms with Crippen LogP contribution >= 0.6 is 0 Å². The Bertz CT molecular complexity index is 978. The van der Waals surface area contributed by atoms with Gasteiger partial charge in [-0.05, 0) is 32.4 Å². The molecule has 3 aromatic heterocycles. The number of anilines is 1. The van der Waals surface area contributed by atoms with Crippen LogP contribution in [-0.4, -0.2) is 68.2 Å². The summed E-state index contributed by atoms with van der Waals surface area (Å²) in [4.78, 5) is 9.96. The van der Waals surface area contributed by atoms with Crippen LogP contribution in [0.3, 0.4) is 0 Å². The van der Waals surface area contributed by atoms with E-state index < -0.39 is 0 Å². The number of ether oxygens (including phenoxy) is 1. The maximum absolute atomic E-state index is 5.64. The Labute approximate surface area is 164 Å². The highest BCUT2D eigenvalue weighted by atomic mass is 16.5. The standard InChI is InChI=1S/C20H27N7O/c1-13(2)25-7-5-16-19-15(11-25)10-18(26-8-9-28-12-14(26)3)22-20(19)27(24-16)17-4-6-21-23-17/h4,6,10,13-14H,5,7-9,11-12H2,1-3H3,(H,21,23)/t14-/m1/s1. The van der Waals surface area contributed by atoms with Crippen molar-refractivity contribution in [1.82, 2.24) is 29.9 Å². The van der Waals surface area contributed by atoms with Gasteiger partial charge in [0.25, 0.3) is 0 Å². The number of nitrogens with one attached hydrogen (secondary N) is 1. The Hall–Kier alpha value is -2.45. The van der Waals surface area contributed by atoms with Crippen molar-refractivity contribution in [2.75, 3.05) is 31.2 Å². The molecule has 0 unspecified atom stereocenters. The molecule has 3 aromatic rings. The molecule has 1 fully saturated rings. The second-order valence-corrected chi connectivity index (χ2v) is 8.07. The summed E-state index contributed by atoms with van der Waals surface area (Å²) < 4.78 is 7.55. The van der Waals surface area contributed by atoms with Crippen molar-refractivity contribution in [2.45, 2.75) is 45.8 Å². The molecular formula is C20H27N7O. The zero-order valence-electron chi connectivity index (χ0n) is 16.7. The Kier molecular flexibility index (Phi) is 4.32. The average molecular weight is 381 g/mol. The van der Waals surface area contributed by atoms with Crippen LogP contribution in [-0.2, 0) is 17.7 Å². The van der Waals surface area contributed by atoms with E-state index in [-0.39, 0.29) is 0 Å². The fourth-order valence-electron chi connectivity index (χ4n) is 4.29. The number of hydrogen-bond donors (Lipinski definition) is 1. The fourth-order valence-corrected chi connectivity index (χ4v) is 4.29. The summed E-state index contributed by atoms with van der Waals surface area (Å²) in [5.41, 5.74) is 3.35. The smallest absolute Gasteiger partial charge is 0.167 e. The molecule has 1 N–H and O–H groups in total. The lowest BCUT2D eigenvalue weighted by Gasteiger charge is -2.34. The molecule has 2 aliphatic rings. The third kappa shape index (κ3) is 2.87. The van der Waals surface area contributed by atoms with E-state index in [0.29, 0.717) is 12.1 Å². The summed E-state index contributed by atoms with van der Waals surface area (Å²) in [5, 5.41) is 13.3. The Balaban J connectivity index is 1.70. The van der Waals surface area contributed by atoms with E-state index in [1.54, 1.807) is 6.20 Å². The molecule has 148 valence electrons. The molecule has 1 saturated heterocycles. The molecule has 5 heterocycles. The van der Waals surface area contributed by atoms with Gasteiger partial charge < -0.3 is 9.64 Å². The predicted octanol–water partition coefficient (Wildman–Crippen LogP) is 2.14. The molecule has 5 rings (SSSR count). The monoisotopic (exact) mass is 381 g/mol. The average Bonchev–Trinajstić information content (AvgIpc) is 3.28. The Morgan fingerprint density at radius 2 is 2.18 bits per heavy atom. The first-order valence-electron chi connectivity index (χ1n) is 10.1. The highest BCUT2D eigenvalue weighted by Gasteiger charge is 2.27. The topological polar surface area (TPSA) is 75.1 Å². The zero-order chi connectivity index (χ0) is 19.3. The minimum absolute atomic E-state index is 0.306. The molecule has 0 radical (unpaired) electrons. The van der Waals surface area contributed by atoms with Gasteiger partial charge in [0, 0.05) is 43.5 Å². The van der Waals surface area contributed by atoms with Crippen molar-refractivity contribution in [1.29, 1.82) is 0 Å². The van der Waals surface area contributed by atoms with Gasteiger partial charge in [-0.2, -0.15) is 14.9 Å². The number of rotatable bonds is 3. The van der Waals surface area contributed by atoms with Crippen LogP contribution in [0.25, 0.3) is 16.9 Å². The third-order valence-electron chi connectivity index (χ3n) is 5.89. The van der Waals surface area contributed by atoms with E-state index in [2.05, 4.69) is 46.8 Å². The second kappa shape index (κ2) is 6.86. The van der Waals surface area contributed by atoms with Crippen LogP contribution in [0.15, 0.2) is 18.3 Å². The van der Waals surface area contributed by atoms with Crippen molar-refractivity contribution >= 4 is 16.9 Å². The molecule has 0 bridgehead atoms. The highest BCUT2D eigenvalue weighted by molar-refractivity contribution is 5.85. The predicted molar refractivity (Wildman–Crippen MR) is 108 cm³/mol. The first-order valence-corrected chi connectivity index (χ1v) is 10.1. The summed E-state index contributed by atoms with van der Waals surface area (Å²) in [5.74, 6) is 1.86. The van der Waals surface area contributed by atoms with Gasteiger partial charge in [-0.15, -0.1) is 0 Å². The van der Waals surface area contributed by atoms with Gasteiger partial charge in [0.1, 0.15) is 5.82 Å². The van der Waals surface area contributed by atoms with Crippen LogP contribution in [0.4, 0.5) is 5.82 Å². The van der Waals surface area contributed by atoms with Gasteiger partial charge in [-0.25, -0.2) is 4.98 Å². The van der Waals surface area contributed by atoms with Crippen molar-refractivity contribution in [3.05, 3.63) is 29.6 Å². The normalized spacial score (nSPS) is 20.9. The summed E-state index contributed by atoms with van der Waals surface area (Å²) >= 11 is 0. The quantitative estimate of drug-likeness (QED) is 0.749. The number of hydrogen-bond acceptors (Lipinski definition) is 6. The lowest BCUT2D eigenvalue weighted by Crippen LogP contribution is -2.44. The summed E-state index contributed by atoms with van der Waals surface area (Å²) in [7, 11) is 0. The Morgan fingerprint density at radius 1 is 1.29 bits per heavy atom. The molecule has 0 aliphatic carbocycles. The van der Waals surface area contributed by atoms with E-state index in [4.69, 9.17) is 14.8 Å². The van der Waals surface area contributed by atoms with E-state index in [1.807, 2.05) is 10.7 Å². The summed E-state index contributed by atoms with van der Waals surface area (Å²) in [6, 6.07) is 5.01. The maximum Gasteiger partial charge on any atom is 0.167 e. The van der Waals surface area contributed by atoms with Crippen LogP contribution in [0, 0.1) is 0 Å². The van der Waals surface area contributed by atoms with Gasteiger partial charge >= 0.3 is 0 Å². The second-order valence-electron chi connectivity index (χ2n) is 8.07. The van der Waals surface area contributed by atoms with Crippen LogP contribution < -0.4 is 4.90 Å². The van der Waals surface area contributed by atoms with Crippen LogP contribution in [0.1, 0.15) is 32.0 Å². The lowest BCUT2D eigenvalue weighted by atomic mass is 10.1. The van der Waals surface area contributed by atoms with Gasteiger partial charge in [0.2, 0.25) is 0 Å². The summed E-state index contributed by atoms with van der Waals surface area (Å²) in [6.45, 7) is 11.0. The molecule has 28 heavy (non-hydrogen) atoms. The highest BCUT2D eigenvalue weighted by Crippen LogP contribution is 2.32. The molecule has 2 aliphatic heterocycles. The van der Waals surface area contributed by atoms with Crippen molar-refractivity contribution in [2.24, 2.45) is 0 Å². The molecule has 0 aromatic carbocycles. The van der Waals surface area contributed by atoms with E-state index in [0.717, 1.165) is 62.2 Å². The minimum Gasteiger partial charge on any atom is -0.377 e. The number of aromatic nitrogens is 5. The first kappa shape index (κ1) is 17.6. The fraction of sp³-hybridized carbons (Fsp3) is 0.550. The number of pyridine rings is 1. The Morgan fingerprint density at radius 3 is 2.93 bits per heavy atom. The number of morpholine rings is 1. The maximum atomic E-state index is 5.64. The van der Waals surface area contributed by atoms with Gasteiger partial charge in [0.15, 0.2) is 11.5 Å². The van der Waals surface area contributed by atoms with Crippen LogP contribution in [0.5, 0.6) is 0 Å². The number of H-pyrrole nitrogens is 1. The number of aromatic amines is 1. The van der Waals surface area contributed by atoms with Gasteiger partial charge in [0.05, 0.1) is 31.1 Å². The lowest BCUT2D eigenvalue weighted by molar-refractivity contribution is 0.0985. The third-order valence-corrected chi connectivity index (χ3v) is 5.89. The zero-order valence-corrected chi connectivity index (χ0v) is 16.7. The van der Waals surface area contributed by atoms with E-state index in [1.165, 1.54) is 10.9 Å². The van der Waals surface area contributed by atoms with Gasteiger partial charge in [-0.3, -0.25) is 10.00 Å². The van der Waals surface area contributed by atoms with E-state index >= 15 is 0 Å². The van der Waals surface area contributed by atoms with Crippen LogP contribution in [0.2, 0.25) is 0 Å². The van der Waals surface area contributed by atoms with Crippen molar-refractivity contribution < 1.29 is 4.74 Å². The first-order chi connectivity index (χ1) is 13.6.